The molecular weight excluding hydrogens is 418 g/mol. The quantitative estimate of drug-likeness (QED) is 0.410. The van der Waals surface area contributed by atoms with Crippen LogP contribution in [0.4, 0.5) is 5.69 Å². The molecule has 0 unspecified atom stereocenters. The van der Waals surface area contributed by atoms with Crippen molar-refractivity contribution in [3.05, 3.63) is 83.0 Å². The van der Waals surface area contributed by atoms with Gasteiger partial charge in [0.15, 0.2) is 11.0 Å². The fourth-order valence-corrected chi connectivity index (χ4v) is 4.36. The van der Waals surface area contributed by atoms with E-state index in [4.69, 9.17) is 0 Å². The summed E-state index contributed by atoms with van der Waals surface area (Å²) in [5.41, 5.74) is 6.93. The monoisotopic (exact) mass is 443 g/mol. The maximum Gasteiger partial charge on any atom is 0.234 e. The Balaban J connectivity index is 1.64. The van der Waals surface area contributed by atoms with Crippen molar-refractivity contribution in [2.24, 2.45) is 0 Å². The molecule has 4 rings (SSSR count). The average molecular weight is 444 g/mol. The molecule has 2 heterocycles. The molecule has 32 heavy (non-hydrogen) atoms. The molecule has 7 heteroatoms. The van der Waals surface area contributed by atoms with E-state index in [1.54, 1.807) is 6.20 Å². The molecule has 0 aliphatic carbocycles. The molecule has 0 radical (unpaired) electrons. The predicted molar refractivity (Wildman–Crippen MR) is 129 cm³/mol. The first-order valence-corrected chi connectivity index (χ1v) is 11.4. The van der Waals surface area contributed by atoms with Crippen molar-refractivity contribution >= 4 is 23.4 Å². The molecule has 0 atom stereocenters. The van der Waals surface area contributed by atoms with E-state index in [0.29, 0.717) is 11.0 Å². The van der Waals surface area contributed by atoms with Crippen molar-refractivity contribution in [1.29, 1.82) is 0 Å². The van der Waals surface area contributed by atoms with Gasteiger partial charge in [-0.1, -0.05) is 53.7 Å². The molecule has 1 amide bonds. The molecule has 2 aromatic carbocycles. The Morgan fingerprint density at radius 3 is 2.41 bits per heavy atom. The van der Waals surface area contributed by atoms with Crippen LogP contribution in [0.3, 0.4) is 0 Å². The van der Waals surface area contributed by atoms with Gasteiger partial charge in [-0.2, -0.15) is 0 Å². The largest absolute Gasteiger partial charge is 0.325 e. The lowest BCUT2D eigenvalue weighted by atomic mass is 10.1. The summed E-state index contributed by atoms with van der Waals surface area (Å²) in [7, 11) is 0. The van der Waals surface area contributed by atoms with Gasteiger partial charge >= 0.3 is 0 Å². The van der Waals surface area contributed by atoms with Gasteiger partial charge in [-0.25, -0.2) is 0 Å². The minimum atomic E-state index is -0.0815. The third-order valence-corrected chi connectivity index (χ3v) is 6.13. The Bertz CT molecular complexity index is 1250. The highest BCUT2D eigenvalue weighted by molar-refractivity contribution is 7.99. The number of thioether (sulfide) groups is 1. The topological polar surface area (TPSA) is 72.7 Å². The van der Waals surface area contributed by atoms with Gasteiger partial charge in [-0.3, -0.25) is 14.3 Å². The molecule has 0 spiro atoms. The molecule has 0 bridgehead atoms. The summed E-state index contributed by atoms with van der Waals surface area (Å²) >= 11 is 1.36. The lowest BCUT2D eigenvalue weighted by Gasteiger charge is -2.14. The maximum atomic E-state index is 12.7. The smallest absolute Gasteiger partial charge is 0.234 e. The molecule has 0 aliphatic rings. The van der Waals surface area contributed by atoms with Gasteiger partial charge in [0, 0.05) is 11.9 Å². The Morgan fingerprint density at radius 2 is 1.72 bits per heavy atom. The Hall–Kier alpha value is -3.45. The summed E-state index contributed by atoms with van der Waals surface area (Å²) < 4.78 is 1.98. The van der Waals surface area contributed by atoms with E-state index in [-0.39, 0.29) is 11.7 Å². The zero-order valence-electron chi connectivity index (χ0n) is 18.6. The number of nitrogens with one attached hydrogen (secondary N) is 1. The van der Waals surface area contributed by atoms with Gasteiger partial charge in [-0.05, 0) is 62.6 Å². The highest BCUT2D eigenvalue weighted by atomic mass is 32.2. The number of nitrogens with zero attached hydrogens (tertiary/aromatic N) is 4. The Morgan fingerprint density at radius 1 is 0.938 bits per heavy atom. The van der Waals surface area contributed by atoms with E-state index < -0.39 is 0 Å². The first kappa shape index (κ1) is 21.8. The van der Waals surface area contributed by atoms with Crippen molar-refractivity contribution in [3.63, 3.8) is 0 Å². The maximum absolute atomic E-state index is 12.7. The minimum Gasteiger partial charge on any atom is -0.325 e. The summed E-state index contributed by atoms with van der Waals surface area (Å²) in [6.45, 7) is 8.11. The lowest BCUT2D eigenvalue weighted by Crippen LogP contribution is -2.16. The molecule has 0 aliphatic heterocycles. The van der Waals surface area contributed by atoms with Crippen LogP contribution in [-0.2, 0) is 4.79 Å². The number of amides is 1. The van der Waals surface area contributed by atoms with Crippen molar-refractivity contribution in [3.8, 4) is 17.2 Å². The number of aromatic nitrogens is 4. The zero-order chi connectivity index (χ0) is 22.7. The number of benzene rings is 2. The highest BCUT2D eigenvalue weighted by Gasteiger charge is 2.19. The minimum absolute atomic E-state index is 0.0815. The lowest BCUT2D eigenvalue weighted by molar-refractivity contribution is -0.113. The number of pyridine rings is 1. The van der Waals surface area contributed by atoms with E-state index in [2.05, 4.69) is 52.5 Å². The molecule has 0 saturated heterocycles. The summed E-state index contributed by atoms with van der Waals surface area (Å²) in [5.74, 6) is 0.788. The first-order chi connectivity index (χ1) is 15.4. The van der Waals surface area contributed by atoms with Crippen LogP contribution < -0.4 is 5.32 Å². The molecule has 0 fully saturated rings. The summed E-state index contributed by atoms with van der Waals surface area (Å²) in [5, 5.41) is 12.5. The molecule has 1 N–H and O–H groups in total. The van der Waals surface area contributed by atoms with Gasteiger partial charge in [0.25, 0.3) is 0 Å². The number of rotatable bonds is 6. The van der Waals surface area contributed by atoms with Crippen molar-refractivity contribution < 1.29 is 4.79 Å². The van der Waals surface area contributed by atoms with Gasteiger partial charge in [-0.15, -0.1) is 10.2 Å². The predicted octanol–water partition coefficient (Wildman–Crippen LogP) is 5.29. The van der Waals surface area contributed by atoms with Crippen LogP contribution >= 0.6 is 11.8 Å². The number of para-hydroxylation sites is 1. The van der Waals surface area contributed by atoms with Gasteiger partial charge in [0.1, 0.15) is 5.69 Å². The van der Waals surface area contributed by atoms with Crippen LogP contribution in [0, 0.1) is 27.7 Å². The zero-order valence-corrected chi connectivity index (χ0v) is 19.4. The van der Waals surface area contributed by atoms with Gasteiger partial charge in [0.05, 0.1) is 11.4 Å². The number of anilines is 1. The number of hydrogen-bond donors (Lipinski definition) is 1. The van der Waals surface area contributed by atoms with E-state index in [1.165, 1.54) is 17.3 Å². The Labute approximate surface area is 192 Å². The Kier molecular flexibility index (Phi) is 6.37. The van der Waals surface area contributed by atoms with E-state index in [0.717, 1.165) is 33.8 Å². The van der Waals surface area contributed by atoms with E-state index in [1.807, 2.05) is 54.8 Å². The standard InChI is InChI=1S/C25H25N5OS/c1-16-11-12-21(19(4)14-16)30-24(20-10-5-6-13-26-20)28-29-25(30)32-15-22(31)27-23-17(2)8-7-9-18(23)3/h5-14H,15H2,1-4H3,(H,27,31). The number of aryl methyl sites for hydroxylation is 4. The van der Waals surface area contributed by atoms with Crippen molar-refractivity contribution in [2.45, 2.75) is 32.9 Å². The third-order valence-electron chi connectivity index (χ3n) is 5.20. The highest BCUT2D eigenvalue weighted by Crippen LogP contribution is 2.29. The summed E-state index contributed by atoms with van der Waals surface area (Å²) in [6.07, 6.45) is 1.74. The van der Waals surface area contributed by atoms with Gasteiger partial charge < -0.3 is 5.32 Å². The summed E-state index contributed by atoms with van der Waals surface area (Å²) in [4.78, 5) is 17.2. The van der Waals surface area contributed by atoms with Crippen molar-refractivity contribution in [1.82, 2.24) is 19.7 Å². The second-order valence-electron chi connectivity index (χ2n) is 7.75. The number of carbonyl (C=O) groups is 1. The van der Waals surface area contributed by atoms with Crippen LogP contribution in [-0.4, -0.2) is 31.4 Å². The van der Waals surface area contributed by atoms with Crippen LogP contribution in [0.25, 0.3) is 17.2 Å². The molecule has 2 aromatic heterocycles. The second-order valence-corrected chi connectivity index (χ2v) is 8.69. The molecule has 6 nitrogen and oxygen atoms in total. The van der Waals surface area contributed by atoms with E-state index in [9.17, 15) is 4.79 Å². The van der Waals surface area contributed by atoms with Crippen LogP contribution in [0.1, 0.15) is 22.3 Å². The molecule has 162 valence electrons. The normalized spacial score (nSPS) is 10.9. The van der Waals surface area contributed by atoms with Crippen LogP contribution in [0.15, 0.2) is 66.0 Å². The summed E-state index contributed by atoms with van der Waals surface area (Å²) in [6, 6.07) is 17.9. The van der Waals surface area contributed by atoms with Crippen LogP contribution in [0.2, 0.25) is 0 Å². The fraction of sp³-hybridized carbons (Fsp3) is 0.200. The average Bonchev–Trinajstić information content (AvgIpc) is 3.19. The van der Waals surface area contributed by atoms with Crippen molar-refractivity contribution in [2.75, 3.05) is 11.1 Å². The SMILES string of the molecule is Cc1ccc(-n2c(SCC(=O)Nc3c(C)cccc3C)nnc2-c2ccccn2)c(C)c1. The fourth-order valence-electron chi connectivity index (χ4n) is 3.62. The first-order valence-electron chi connectivity index (χ1n) is 10.4. The van der Waals surface area contributed by atoms with E-state index >= 15 is 0 Å². The molecule has 0 saturated carbocycles. The van der Waals surface area contributed by atoms with Gasteiger partial charge in [0.2, 0.25) is 5.91 Å². The number of hydrogen-bond acceptors (Lipinski definition) is 5. The molecule has 4 aromatic rings. The van der Waals surface area contributed by atoms with Crippen LogP contribution in [0.5, 0.6) is 0 Å². The number of carbonyl (C=O) groups excluding carboxylic acids is 1. The third kappa shape index (κ3) is 4.57. The second kappa shape index (κ2) is 9.36. The molecular formula is C25H25N5OS.